The lowest BCUT2D eigenvalue weighted by molar-refractivity contribution is 0.401. The molecule has 1 aliphatic rings. The van der Waals surface area contributed by atoms with Crippen LogP contribution in [-0.2, 0) is 6.54 Å². The molecule has 1 fully saturated rings. The van der Waals surface area contributed by atoms with Crippen molar-refractivity contribution < 1.29 is 0 Å². The third-order valence-electron chi connectivity index (χ3n) is 2.87. The molecule has 0 aliphatic carbocycles. The van der Waals surface area contributed by atoms with Crippen molar-refractivity contribution in [2.24, 2.45) is 5.73 Å². The summed E-state index contributed by atoms with van der Waals surface area (Å²) >= 11 is 0. The molecule has 1 heterocycles. The molecule has 1 saturated heterocycles. The Hall–Kier alpha value is -0.860. The van der Waals surface area contributed by atoms with Crippen molar-refractivity contribution in [3.05, 3.63) is 35.4 Å². The molecule has 1 aromatic carbocycles. The van der Waals surface area contributed by atoms with Crippen LogP contribution in [0.5, 0.6) is 0 Å². The van der Waals surface area contributed by atoms with Gasteiger partial charge in [0.1, 0.15) is 0 Å². The van der Waals surface area contributed by atoms with E-state index in [1.807, 2.05) is 0 Å². The Morgan fingerprint density at radius 2 is 2.14 bits per heavy atom. The van der Waals surface area contributed by atoms with Gasteiger partial charge in [0.25, 0.3) is 0 Å². The zero-order valence-electron chi connectivity index (χ0n) is 8.45. The lowest BCUT2D eigenvalue weighted by Crippen LogP contribution is -2.21. The minimum absolute atomic E-state index is 0.406. The van der Waals surface area contributed by atoms with Crippen molar-refractivity contribution in [2.45, 2.75) is 31.8 Å². The molecule has 1 aliphatic heterocycles. The van der Waals surface area contributed by atoms with Crippen LogP contribution in [0, 0.1) is 0 Å². The highest BCUT2D eigenvalue weighted by Crippen LogP contribution is 2.26. The highest BCUT2D eigenvalue weighted by atomic mass is 14.9. The number of nitrogens with zero attached hydrogens (tertiary/aromatic N) is 1. The van der Waals surface area contributed by atoms with E-state index in [1.54, 1.807) is 0 Å². The van der Waals surface area contributed by atoms with E-state index in [2.05, 4.69) is 29.6 Å². The Morgan fingerprint density at radius 1 is 1.29 bits per heavy atom. The molecule has 0 bridgehead atoms. The van der Waals surface area contributed by atoms with Gasteiger partial charge in [-0.1, -0.05) is 30.7 Å². The van der Waals surface area contributed by atoms with Crippen molar-refractivity contribution >= 4 is 0 Å². The molecule has 0 saturated carbocycles. The number of hydrogen-bond acceptors (Lipinski definition) is 1. The van der Waals surface area contributed by atoms with Gasteiger partial charge in [0.2, 0.25) is 0 Å². The second-order valence-electron chi connectivity index (χ2n) is 3.82. The van der Waals surface area contributed by atoms with Crippen LogP contribution in [0.3, 0.4) is 0 Å². The summed E-state index contributed by atoms with van der Waals surface area (Å²) in [6.07, 6.45) is 3.74. The fourth-order valence-corrected chi connectivity index (χ4v) is 2.09. The Labute approximate surface area is 85.5 Å². The third-order valence-corrected chi connectivity index (χ3v) is 2.87. The van der Waals surface area contributed by atoms with Crippen molar-refractivity contribution in [3.8, 4) is 0 Å². The summed E-state index contributed by atoms with van der Waals surface area (Å²) < 4.78 is 0. The molecule has 2 N–H and O–H groups in total. The standard InChI is InChI=1S/C12H17N2/c13-9-10-5-1-2-6-11(10)12-7-3-4-8-14-12/h1-2,5-6,12H,3-4,7-9,13H2. The Morgan fingerprint density at radius 3 is 2.86 bits per heavy atom. The summed E-state index contributed by atoms with van der Waals surface area (Å²) in [5.74, 6) is 0. The highest BCUT2D eigenvalue weighted by Gasteiger charge is 2.17. The topological polar surface area (TPSA) is 40.1 Å². The van der Waals surface area contributed by atoms with Gasteiger partial charge in [0, 0.05) is 19.1 Å². The average Bonchev–Trinajstić information content (AvgIpc) is 2.30. The van der Waals surface area contributed by atoms with E-state index < -0.39 is 0 Å². The molecule has 2 heteroatoms. The van der Waals surface area contributed by atoms with Gasteiger partial charge in [-0.25, -0.2) is 5.32 Å². The molecule has 0 aromatic heterocycles. The van der Waals surface area contributed by atoms with Crippen LogP contribution in [0.1, 0.15) is 36.4 Å². The minimum Gasteiger partial charge on any atom is -0.326 e. The van der Waals surface area contributed by atoms with Gasteiger partial charge in [-0.3, -0.25) is 0 Å². The second kappa shape index (κ2) is 4.58. The SMILES string of the molecule is NCc1ccccc1C1CCCC[N]1. The van der Waals surface area contributed by atoms with Crippen molar-refractivity contribution in [1.29, 1.82) is 0 Å². The van der Waals surface area contributed by atoms with Crippen molar-refractivity contribution in [1.82, 2.24) is 5.32 Å². The molecule has 1 unspecified atom stereocenters. The van der Waals surface area contributed by atoms with Crippen LogP contribution in [0.15, 0.2) is 24.3 Å². The lowest BCUT2D eigenvalue weighted by Gasteiger charge is -2.23. The molecule has 75 valence electrons. The molecular formula is C12H17N2. The molecule has 0 amide bonds. The number of rotatable bonds is 2. The maximum absolute atomic E-state index is 5.72. The monoisotopic (exact) mass is 189 g/mol. The first-order chi connectivity index (χ1) is 6.92. The summed E-state index contributed by atoms with van der Waals surface area (Å²) in [6.45, 7) is 1.64. The van der Waals surface area contributed by atoms with Gasteiger partial charge < -0.3 is 5.73 Å². The predicted octanol–water partition coefficient (Wildman–Crippen LogP) is 1.97. The van der Waals surface area contributed by atoms with Gasteiger partial charge in [-0.15, -0.1) is 0 Å². The number of piperidine rings is 1. The van der Waals surface area contributed by atoms with Gasteiger partial charge in [0.15, 0.2) is 0 Å². The molecule has 2 nitrogen and oxygen atoms in total. The smallest absolute Gasteiger partial charge is 0.0498 e. The van der Waals surface area contributed by atoms with Crippen LogP contribution >= 0.6 is 0 Å². The summed E-state index contributed by atoms with van der Waals surface area (Å²) in [5, 5.41) is 4.65. The van der Waals surface area contributed by atoms with Crippen LogP contribution < -0.4 is 11.1 Å². The molecule has 1 aromatic rings. The molecular weight excluding hydrogens is 172 g/mol. The van der Waals surface area contributed by atoms with E-state index in [9.17, 15) is 0 Å². The Kier molecular flexibility index (Phi) is 3.17. The van der Waals surface area contributed by atoms with E-state index in [-0.39, 0.29) is 0 Å². The fourth-order valence-electron chi connectivity index (χ4n) is 2.09. The average molecular weight is 189 g/mol. The van der Waals surface area contributed by atoms with Crippen molar-refractivity contribution in [2.75, 3.05) is 6.54 Å². The predicted molar refractivity (Wildman–Crippen MR) is 57.9 cm³/mol. The Balaban J connectivity index is 2.20. The van der Waals surface area contributed by atoms with Gasteiger partial charge in [-0.2, -0.15) is 0 Å². The molecule has 0 spiro atoms. The lowest BCUT2D eigenvalue weighted by atomic mass is 9.94. The zero-order chi connectivity index (χ0) is 9.80. The third kappa shape index (κ3) is 1.97. The molecule has 14 heavy (non-hydrogen) atoms. The minimum atomic E-state index is 0.406. The van der Waals surface area contributed by atoms with E-state index in [4.69, 9.17) is 5.73 Å². The van der Waals surface area contributed by atoms with E-state index in [1.165, 1.54) is 30.4 Å². The molecule has 2 rings (SSSR count). The number of benzene rings is 1. The highest BCUT2D eigenvalue weighted by molar-refractivity contribution is 5.30. The quantitative estimate of drug-likeness (QED) is 0.759. The summed E-state index contributed by atoms with van der Waals surface area (Å²) in [6, 6.07) is 8.82. The van der Waals surface area contributed by atoms with Gasteiger partial charge >= 0.3 is 0 Å². The number of hydrogen-bond donors (Lipinski definition) is 1. The summed E-state index contributed by atoms with van der Waals surface area (Å²) in [4.78, 5) is 0. The van der Waals surface area contributed by atoms with Crippen LogP contribution in [-0.4, -0.2) is 6.54 Å². The van der Waals surface area contributed by atoms with Gasteiger partial charge in [-0.05, 0) is 24.0 Å². The first-order valence-electron chi connectivity index (χ1n) is 5.36. The first kappa shape index (κ1) is 9.69. The maximum atomic E-state index is 5.72. The van der Waals surface area contributed by atoms with Gasteiger partial charge in [0.05, 0.1) is 0 Å². The fraction of sp³-hybridized carbons (Fsp3) is 0.500. The summed E-state index contributed by atoms with van der Waals surface area (Å²) in [5.41, 5.74) is 8.31. The van der Waals surface area contributed by atoms with E-state index in [0.29, 0.717) is 12.6 Å². The molecule has 1 atom stereocenters. The second-order valence-corrected chi connectivity index (χ2v) is 3.82. The number of nitrogens with two attached hydrogens (primary N) is 1. The van der Waals surface area contributed by atoms with Crippen LogP contribution in [0.2, 0.25) is 0 Å². The van der Waals surface area contributed by atoms with Crippen LogP contribution in [0.25, 0.3) is 0 Å². The first-order valence-corrected chi connectivity index (χ1v) is 5.36. The normalized spacial score (nSPS) is 22.2. The summed E-state index contributed by atoms with van der Waals surface area (Å²) in [7, 11) is 0. The van der Waals surface area contributed by atoms with E-state index >= 15 is 0 Å². The van der Waals surface area contributed by atoms with Crippen LogP contribution in [0.4, 0.5) is 0 Å². The largest absolute Gasteiger partial charge is 0.326 e. The Bertz CT molecular complexity index is 290. The maximum Gasteiger partial charge on any atom is 0.0498 e. The van der Waals surface area contributed by atoms with E-state index in [0.717, 1.165) is 6.54 Å². The zero-order valence-corrected chi connectivity index (χ0v) is 8.45. The van der Waals surface area contributed by atoms with Crippen molar-refractivity contribution in [3.63, 3.8) is 0 Å². The molecule has 1 radical (unpaired) electrons.